The fourth-order valence-electron chi connectivity index (χ4n) is 3.43. The summed E-state index contributed by atoms with van der Waals surface area (Å²) < 4.78 is 27.7. The first-order valence-electron chi connectivity index (χ1n) is 8.97. The van der Waals surface area contributed by atoms with Gasteiger partial charge in [0.25, 0.3) is 0 Å². The van der Waals surface area contributed by atoms with Crippen LogP contribution < -0.4 is 9.62 Å². The average molecular weight is 379 g/mol. The molecule has 0 unspecified atom stereocenters. The molecule has 0 radical (unpaired) electrons. The summed E-state index contributed by atoms with van der Waals surface area (Å²) in [4.78, 5) is 26.9. The standard InChI is InChI=1S/C18H25N3O4S/c1-13(22)20(16-5-6-16)11-9-19-26(24,25)17-7-8-18-15(12-17)4-3-10-21(18)14(2)23/h7-8,12,16,19H,3-6,9-11H2,1-2H3. The highest BCUT2D eigenvalue weighted by Crippen LogP contribution is 2.29. The number of amides is 2. The molecule has 142 valence electrons. The van der Waals surface area contributed by atoms with E-state index in [4.69, 9.17) is 0 Å². The smallest absolute Gasteiger partial charge is 0.240 e. The quantitative estimate of drug-likeness (QED) is 0.807. The van der Waals surface area contributed by atoms with Crippen LogP contribution in [-0.2, 0) is 26.0 Å². The Morgan fingerprint density at radius 1 is 1.27 bits per heavy atom. The van der Waals surface area contributed by atoms with E-state index < -0.39 is 10.0 Å². The fraction of sp³-hybridized carbons (Fsp3) is 0.556. The van der Waals surface area contributed by atoms with Gasteiger partial charge in [0.05, 0.1) is 4.90 Å². The summed E-state index contributed by atoms with van der Waals surface area (Å²) >= 11 is 0. The SMILES string of the molecule is CC(=O)N1CCCc2cc(S(=O)(=O)NCCN(C(C)=O)C3CC3)ccc21. The van der Waals surface area contributed by atoms with Crippen LogP contribution in [-0.4, -0.2) is 50.8 Å². The first kappa shape index (κ1) is 18.8. The minimum absolute atomic E-state index is 0.0233. The predicted octanol–water partition coefficient (Wildman–Crippen LogP) is 1.27. The third-order valence-corrected chi connectivity index (χ3v) is 6.36. The predicted molar refractivity (Wildman–Crippen MR) is 98.4 cm³/mol. The van der Waals surface area contributed by atoms with Gasteiger partial charge in [0.15, 0.2) is 0 Å². The highest BCUT2D eigenvalue weighted by Gasteiger charge is 2.30. The van der Waals surface area contributed by atoms with Crippen molar-refractivity contribution in [1.82, 2.24) is 9.62 Å². The largest absolute Gasteiger partial charge is 0.339 e. The molecule has 1 heterocycles. The molecule has 0 bridgehead atoms. The Hall–Kier alpha value is -1.93. The zero-order valence-corrected chi connectivity index (χ0v) is 16.0. The van der Waals surface area contributed by atoms with Gasteiger partial charge in [-0.2, -0.15) is 0 Å². The summed E-state index contributed by atoms with van der Waals surface area (Å²) in [5.74, 6) is -0.0612. The molecule has 1 N–H and O–H groups in total. The van der Waals surface area contributed by atoms with Crippen molar-refractivity contribution < 1.29 is 18.0 Å². The average Bonchev–Trinajstić information content (AvgIpc) is 3.42. The number of carbonyl (C=O) groups excluding carboxylic acids is 2. The van der Waals surface area contributed by atoms with Gasteiger partial charge in [-0.05, 0) is 49.4 Å². The minimum Gasteiger partial charge on any atom is -0.339 e. The van der Waals surface area contributed by atoms with Crippen LogP contribution in [0.5, 0.6) is 0 Å². The van der Waals surface area contributed by atoms with E-state index >= 15 is 0 Å². The van der Waals surface area contributed by atoms with E-state index in [-0.39, 0.29) is 29.3 Å². The van der Waals surface area contributed by atoms with Crippen molar-refractivity contribution in [1.29, 1.82) is 0 Å². The molecule has 7 nitrogen and oxygen atoms in total. The Morgan fingerprint density at radius 2 is 2.00 bits per heavy atom. The van der Waals surface area contributed by atoms with Crippen LogP contribution in [0.25, 0.3) is 0 Å². The van der Waals surface area contributed by atoms with E-state index in [9.17, 15) is 18.0 Å². The lowest BCUT2D eigenvalue weighted by atomic mass is 10.0. The van der Waals surface area contributed by atoms with Gasteiger partial charge in [0, 0.05) is 45.2 Å². The van der Waals surface area contributed by atoms with Crippen LogP contribution in [0.1, 0.15) is 38.7 Å². The molecule has 3 rings (SSSR count). The number of fused-ring (bicyclic) bond motifs is 1. The maximum Gasteiger partial charge on any atom is 0.240 e. The highest BCUT2D eigenvalue weighted by atomic mass is 32.2. The third-order valence-electron chi connectivity index (χ3n) is 4.90. The Kier molecular flexibility index (Phi) is 5.34. The van der Waals surface area contributed by atoms with Crippen LogP contribution in [0.15, 0.2) is 23.1 Å². The summed E-state index contributed by atoms with van der Waals surface area (Å²) in [6.07, 6.45) is 3.55. The Labute approximate surface area is 154 Å². The number of anilines is 1. The molecule has 0 aromatic heterocycles. The van der Waals surface area contributed by atoms with E-state index in [1.807, 2.05) is 0 Å². The number of nitrogens with zero attached hydrogens (tertiary/aromatic N) is 2. The molecule has 0 saturated heterocycles. The second-order valence-corrected chi connectivity index (χ2v) is 8.67. The zero-order chi connectivity index (χ0) is 18.9. The molecule has 1 aromatic carbocycles. The number of hydrogen-bond donors (Lipinski definition) is 1. The molecule has 1 fully saturated rings. The van der Waals surface area contributed by atoms with Gasteiger partial charge in [-0.15, -0.1) is 0 Å². The number of nitrogens with one attached hydrogen (secondary N) is 1. The Bertz CT molecular complexity index is 818. The van der Waals surface area contributed by atoms with Crippen LogP contribution in [0.4, 0.5) is 5.69 Å². The minimum atomic E-state index is -3.65. The Balaban J connectivity index is 1.69. The van der Waals surface area contributed by atoms with E-state index in [2.05, 4.69) is 4.72 Å². The number of hydrogen-bond acceptors (Lipinski definition) is 4. The Morgan fingerprint density at radius 3 is 2.62 bits per heavy atom. The molecule has 1 aliphatic carbocycles. The van der Waals surface area contributed by atoms with Crippen LogP contribution in [0.2, 0.25) is 0 Å². The van der Waals surface area contributed by atoms with Crippen molar-refractivity contribution in [3.8, 4) is 0 Å². The molecular formula is C18H25N3O4S. The molecule has 2 aliphatic rings. The van der Waals surface area contributed by atoms with Crippen molar-refractivity contribution in [3.63, 3.8) is 0 Å². The first-order valence-corrected chi connectivity index (χ1v) is 10.5. The molecule has 1 aliphatic heterocycles. The number of aryl methyl sites for hydroxylation is 1. The van der Waals surface area contributed by atoms with E-state index in [0.717, 1.165) is 36.9 Å². The number of sulfonamides is 1. The van der Waals surface area contributed by atoms with Gasteiger partial charge in [0.2, 0.25) is 21.8 Å². The van der Waals surface area contributed by atoms with Gasteiger partial charge >= 0.3 is 0 Å². The number of rotatable bonds is 6. The third kappa shape index (κ3) is 4.07. The maximum absolute atomic E-state index is 12.6. The van der Waals surface area contributed by atoms with Crippen molar-refractivity contribution in [2.45, 2.75) is 50.5 Å². The van der Waals surface area contributed by atoms with Crippen molar-refractivity contribution in [2.24, 2.45) is 0 Å². The summed E-state index contributed by atoms with van der Waals surface area (Å²) in [6, 6.07) is 5.15. The van der Waals surface area contributed by atoms with Gasteiger partial charge in [-0.3, -0.25) is 9.59 Å². The second-order valence-electron chi connectivity index (χ2n) is 6.91. The molecule has 1 aromatic rings. The molecule has 0 atom stereocenters. The molecule has 26 heavy (non-hydrogen) atoms. The number of benzene rings is 1. The molecule has 0 spiro atoms. The lowest BCUT2D eigenvalue weighted by Crippen LogP contribution is -2.38. The van der Waals surface area contributed by atoms with E-state index in [0.29, 0.717) is 13.1 Å². The summed E-state index contributed by atoms with van der Waals surface area (Å²) in [6.45, 7) is 4.26. The van der Waals surface area contributed by atoms with Crippen LogP contribution >= 0.6 is 0 Å². The fourth-order valence-corrected chi connectivity index (χ4v) is 4.51. The summed E-state index contributed by atoms with van der Waals surface area (Å²) in [5.41, 5.74) is 1.66. The monoisotopic (exact) mass is 379 g/mol. The van der Waals surface area contributed by atoms with Gasteiger partial charge in [-0.25, -0.2) is 13.1 Å². The highest BCUT2D eigenvalue weighted by molar-refractivity contribution is 7.89. The van der Waals surface area contributed by atoms with Gasteiger partial charge in [-0.1, -0.05) is 0 Å². The van der Waals surface area contributed by atoms with E-state index in [1.54, 1.807) is 21.9 Å². The maximum atomic E-state index is 12.6. The molecular weight excluding hydrogens is 354 g/mol. The summed E-state index contributed by atoms with van der Waals surface area (Å²) in [7, 11) is -3.65. The first-order chi connectivity index (χ1) is 12.3. The summed E-state index contributed by atoms with van der Waals surface area (Å²) in [5, 5.41) is 0. The normalized spacial score (nSPS) is 16.9. The lowest BCUT2D eigenvalue weighted by Gasteiger charge is -2.29. The van der Waals surface area contributed by atoms with Crippen molar-refractivity contribution in [3.05, 3.63) is 23.8 Å². The topological polar surface area (TPSA) is 86.8 Å². The lowest BCUT2D eigenvalue weighted by molar-refractivity contribution is -0.129. The number of carbonyl (C=O) groups is 2. The van der Waals surface area contributed by atoms with Gasteiger partial charge < -0.3 is 9.80 Å². The molecule has 1 saturated carbocycles. The van der Waals surface area contributed by atoms with Crippen LogP contribution in [0, 0.1) is 0 Å². The van der Waals surface area contributed by atoms with Crippen molar-refractivity contribution in [2.75, 3.05) is 24.5 Å². The molecule has 2 amide bonds. The zero-order valence-electron chi connectivity index (χ0n) is 15.2. The van der Waals surface area contributed by atoms with Crippen molar-refractivity contribution >= 4 is 27.5 Å². The molecule has 8 heteroatoms. The van der Waals surface area contributed by atoms with Gasteiger partial charge in [0.1, 0.15) is 0 Å². The van der Waals surface area contributed by atoms with E-state index in [1.165, 1.54) is 19.9 Å². The van der Waals surface area contributed by atoms with Crippen LogP contribution in [0.3, 0.4) is 0 Å². The second kappa shape index (κ2) is 7.36.